The fourth-order valence-corrected chi connectivity index (χ4v) is 1.53. The minimum atomic E-state index is 0.152. The highest BCUT2D eigenvalue weighted by atomic mass is 35.5. The number of hydrogen-bond donors (Lipinski definition) is 2. The zero-order valence-corrected chi connectivity index (χ0v) is 9.61. The highest BCUT2D eigenvalue weighted by molar-refractivity contribution is 6.32. The van der Waals surface area contributed by atoms with Crippen molar-refractivity contribution in [3.05, 3.63) is 35.3 Å². The lowest BCUT2D eigenvalue weighted by molar-refractivity contribution is 0.112. The van der Waals surface area contributed by atoms with E-state index in [1.54, 1.807) is 12.5 Å². The summed E-state index contributed by atoms with van der Waals surface area (Å²) in [5.41, 5.74) is 1.28. The van der Waals surface area contributed by atoms with Crippen molar-refractivity contribution in [2.45, 2.75) is 6.42 Å². The van der Waals surface area contributed by atoms with Crippen LogP contribution >= 0.6 is 11.6 Å². The Kier molecular flexibility index (Phi) is 3.66. The Morgan fingerprint density at radius 2 is 2.35 bits per heavy atom. The molecule has 0 fully saturated rings. The van der Waals surface area contributed by atoms with Gasteiger partial charge in [-0.15, -0.1) is 0 Å². The molecule has 0 aliphatic rings. The van der Waals surface area contributed by atoms with Gasteiger partial charge in [-0.05, 0) is 0 Å². The lowest BCUT2D eigenvalue weighted by Gasteiger charge is -2.06. The van der Waals surface area contributed by atoms with Crippen molar-refractivity contribution in [1.82, 2.24) is 19.9 Å². The molecule has 0 radical (unpaired) electrons. The van der Waals surface area contributed by atoms with Gasteiger partial charge in [-0.25, -0.2) is 15.0 Å². The Bertz CT molecular complexity index is 499. The third kappa shape index (κ3) is 2.79. The van der Waals surface area contributed by atoms with Gasteiger partial charge in [0.1, 0.15) is 17.3 Å². The molecular formula is C10H10ClN5O. The molecule has 0 atom stereocenters. The van der Waals surface area contributed by atoms with Crippen LogP contribution in [0.2, 0.25) is 5.15 Å². The molecule has 2 rings (SSSR count). The van der Waals surface area contributed by atoms with E-state index in [9.17, 15) is 4.79 Å². The number of halogens is 1. The summed E-state index contributed by atoms with van der Waals surface area (Å²) in [6, 6.07) is 0. The van der Waals surface area contributed by atoms with E-state index in [0.29, 0.717) is 18.6 Å². The average molecular weight is 252 g/mol. The molecule has 7 heteroatoms. The van der Waals surface area contributed by atoms with Gasteiger partial charge < -0.3 is 10.3 Å². The SMILES string of the molecule is O=Cc1c(Cl)ncnc1NCCc1cnc[nH]1. The molecule has 2 aromatic heterocycles. The van der Waals surface area contributed by atoms with Crippen LogP contribution in [0.15, 0.2) is 18.9 Å². The summed E-state index contributed by atoms with van der Waals surface area (Å²) in [5, 5.41) is 3.18. The fraction of sp³-hybridized carbons (Fsp3) is 0.200. The van der Waals surface area contributed by atoms with E-state index in [1.807, 2.05) is 0 Å². The van der Waals surface area contributed by atoms with E-state index in [-0.39, 0.29) is 10.7 Å². The number of aldehydes is 1. The molecule has 0 aromatic carbocycles. The van der Waals surface area contributed by atoms with Gasteiger partial charge in [0.2, 0.25) is 0 Å². The van der Waals surface area contributed by atoms with Crippen molar-refractivity contribution in [3.8, 4) is 0 Å². The number of rotatable bonds is 5. The first-order valence-corrected chi connectivity index (χ1v) is 5.36. The van der Waals surface area contributed by atoms with E-state index < -0.39 is 0 Å². The van der Waals surface area contributed by atoms with Gasteiger partial charge in [-0.1, -0.05) is 11.6 Å². The molecule has 0 unspecified atom stereocenters. The van der Waals surface area contributed by atoms with Crippen molar-refractivity contribution in [2.75, 3.05) is 11.9 Å². The Morgan fingerprint density at radius 3 is 3.06 bits per heavy atom. The van der Waals surface area contributed by atoms with Crippen molar-refractivity contribution in [1.29, 1.82) is 0 Å². The molecule has 0 saturated heterocycles. The summed E-state index contributed by atoms with van der Waals surface area (Å²) in [7, 11) is 0. The van der Waals surface area contributed by atoms with Crippen LogP contribution in [0.3, 0.4) is 0 Å². The van der Waals surface area contributed by atoms with Gasteiger partial charge >= 0.3 is 0 Å². The average Bonchev–Trinajstić information content (AvgIpc) is 2.82. The van der Waals surface area contributed by atoms with Gasteiger partial charge in [-0.3, -0.25) is 4.79 Å². The molecule has 6 nitrogen and oxygen atoms in total. The molecule has 0 bridgehead atoms. The zero-order valence-electron chi connectivity index (χ0n) is 8.85. The van der Waals surface area contributed by atoms with Gasteiger partial charge in [-0.2, -0.15) is 0 Å². The van der Waals surface area contributed by atoms with E-state index in [0.717, 1.165) is 12.1 Å². The molecule has 0 amide bonds. The Morgan fingerprint density at radius 1 is 1.47 bits per heavy atom. The van der Waals surface area contributed by atoms with E-state index in [4.69, 9.17) is 11.6 Å². The van der Waals surface area contributed by atoms with E-state index in [1.165, 1.54) is 6.33 Å². The Labute approximate surface area is 102 Å². The molecule has 0 spiro atoms. The number of nitrogens with zero attached hydrogens (tertiary/aromatic N) is 3. The number of carbonyl (C=O) groups excluding carboxylic acids is 1. The minimum absolute atomic E-state index is 0.152. The summed E-state index contributed by atoms with van der Waals surface area (Å²) >= 11 is 5.77. The number of H-pyrrole nitrogens is 1. The third-order valence-electron chi connectivity index (χ3n) is 2.19. The molecule has 0 aliphatic heterocycles. The Balaban J connectivity index is 1.99. The Hall–Kier alpha value is -1.95. The van der Waals surface area contributed by atoms with Crippen molar-refractivity contribution in [3.63, 3.8) is 0 Å². The first-order chi connectivity index (χ1) is 8.31. The van der Waals surface area contributed by atoms with Crippen LogP contribution in [0.5, 0.6) is 0 Å². The molecule has 17 heavy (non-hydrogen) atoms. The summed E-state index contributed by atoms with van der Waals surface area (Å²) in [6.07, 6.45) is 6.07. The van der Waals surface area contributed by atoms with E-state index >= 15 is 0 Å². The second kappa shape index (κ2) is 5.40. The minimum Gasteiger partial charge on any atom is -0.369 e. The summed E-state index contributed by atoms with van der Waals surface area (Å²) < 4.78 is 0. The van der Waals surface area contributed by atoms with Crippen LogP contribution in [-0.4, -0.2) is 32.8 Å². The molecule has 0 aliphatic carbocycles. The number of hydrogen-bond acceptors (Lipinski definition) is 5. The van der Waals surface area contributed by atoms with Gasteiger partial charge in [0, 0.05) is 24.9 Å². The third-order valence-corrected chi connectivity index (χ3v) is 2.50. The molecular weight excluding hydrogens is 242 g/mol. The first-order valence-electron chi connectivity index (χ1n) is 4.98. The largest absolute Gasteiger partial charge is 0.369 e. The number of aromatic amines is 1. The van der Waals surface area contributed by atoms with Crippen molar-refractivity contribution in [2.24, 2.45) is 0 Å². The quantitative estimate of drug-likeness (QED) is 0.619. The zero-order chi connectivity index (χ0) is 12.1. The molecule has 2 aromatic rings. The topological polar surface area (TPSA) is 83.6 Å². The predicted octanol–water partition coefficient (Wildman–Crippen LogP) is 1.32. The predicted molar refractivity (Wildman–Crippen MR) is 63.2 cm³/mol. The number of anilines is 1. The van der Waals surface area contributed by atoms with Gasteiger partial charge in [0.25, 0.3) is 0 Å². The number of imidazole rings is 1. The smallest absolute Gasteiger partial charge is 0.156 e. The second-order valence-electron chi connectivity index (χ2n) is 3.30. The lowest BCUT2D eigenvalue weighted by Crippen LogP contribution is -2.09. The normalized spacial score (nSPS) is 10.2. The van der Waals surface area contributed by atoms with E-state index in [2.05, 4.69) is 25.3 Å². The number of nitrogens with one attached hydrogen (secondary N) is 2. The van der Waals surface area contributed by atoms with Crippen LogP contribution in [0, 0.1) is 0 Å². The maximum atomic E-state index is 10.8. The maximum absolute atomic E-state index is 10.8. The number of carbonyl (C=O) groups is 1. The number of aromatic nitrogens is 4. The molecule has 2 N–H and O–H groups in total. The van der Waals surface area contributed by atoms with Gasteiger partial charge in [0.15, 0.2) is 6.29 Å². The van der Waals surface area contributed by atoms with Crippen LogP contribution in [0.1, 0.15) is 16.1 Å². The lowest BCUT2D eigenvalue weighted by atomic mass is 10.3. The van der Waals surface area contributed by atoms with Crippen molar-refractivity contribution >= 4 is 23.7 Å². The maximum Gasteiger partial charge on any atom is 0.156 e. The fourth-order valence-electron chi connectivity index (χ4n) is 1.36. The first kappa shape index (κ1) is 11.5. The monoisotopic (exact) mass is 251 g/mol. The standard InChI is InChI=1S/C10H10ClN5O/c11-9-8(4-17)10(16-6-15-9)13-2-1-7-3-12-5-14-7/h3-6H,1-2H2,(H,12,14)(H,13,15,16). The molecule has 0 saturated carbocycles. The van der Waals surface area contributed by atoms with Crippen molar-refractivity contribution < 1.29 is 4.79 Å². The van der Waals surface area contributed by atoms with Crippen LogP contribution in [0.4, 0.5) is 5.82 Å². The molecule has 88 valence electrons. The van der Waals surface area contributed by atoms with Crippen LogP contribution < -0.4 is 5.32 Å². The van der Waals surface area contributed by atoms with Gasteiger partial charge in [0.05, 0.1) is 11.9 Å². The summed E-state index contributed by atoms with van der Waals surface area (Å²) in [5.74, 6) is 0.444. The molecule has 2 heterocycles. The second-order valence-corrected chi connectivity index (χ2v) is 3.66. The highest BCUT2D eigenvalue weighted by Crippen LogP contribution is 2.16. The van der Waals surface area contributed by atoms with Crippen LogP contribution in [-0.2, 0) is 6.42 Å². The highest BCUT2D eigenvalue weighted by Gasteiger charge is 2.08. The summed E-state index contributed by atoms with van der Waals surface area (Å²) in [4.78, 5) is 25.4. The van der Waals surface area contributed by atoms with Crippen LogP contribution in [0.25, 0.3) is 0 Å². The summed E-state index contributed by atoms with van der Waals surface area (Å²) in [6.45, 7) is 0.621.